The highest BCUT2D eigenvalue weighted by Crippen LogP contribution is 2.31. The molecule has 0 radical (unpaired) electrons. The minimum Gasteiger partial charge on any atom is -0.370 e. The largest absolute Gasteiger partial charge is 0.370 e. The minimum absolute atomic E-state index is 0.233. The van der Waals surface area contributed by atoms with Gasteiger partial charge >= 0.3 is 0 Å². The van der Waals surface area contributed by atoms with Gasteiger partial charge in [-0.15, -0.1) is 0 Å². The van der Waals surface area contributed by atoms with Crippen LogP contribution in [0.15, 0.2) is 0 Å². The van der Waals surface area contributed by atoms with E-state index in [1.54, 1.807) is 0 Å². The zero-order valence-corrected chi connectivity index (χ0v) is 8.91. The molecule has 0 aromatic carbocycles. The van der Waals surface area contributed by atoms with E-state index in [0.29, 0.717) is 19.6 Å². The van der Waals surface area contributed by atoms with Gasteiger partial charge in [-0.1, -0.05) is 0 Å². The third-order valence-electron chi connectivity index (χ3n) is 3.11. The van der Waals surface area contributed by atoms with Crippen LogP contribution in [0.5, 0.6) is 0 Å². The summed E-state index contributed by atoms with van der Waals surface area (Å²) in [5, 5.41) is 0. The molecular formula is C10H18N2O3. The van der Waals surface area contributed by atoms with Gasteiger partial charge in [0, 0.05) is 38.9 Å². The van der Waals surface area contributed by atoms with E-state index in [0.717, 1.165) is 32.5 Å². The molecule has 0 aliphatic carbocycles. The number of likely N-dealkylation sites (tertiary alicyclic amines) is 1. The van der Waals surface area contributed by atoms with Crippen molar-refractivity contribution in [2.24, 2.45) is 5.73 Å². The molecule has 0 atom stereocenters. The number of carbonyl (C=O) groups excluding carboxylic acids is 1. The Morgan fingerprint density at radius 2 is 1.87 bits per heavy atom. The molecule has 2 fully saturated rings. The predicted molar refractivity (Wildman–Crippen MR) is 54.1 cm³/mol. The monoisotopic (exact) mass is 214 g/mol. The van der Waals surface area contributed by atoms with Crippen molar-refractivity contribution in [1.82, 2.24) is 4.90 Å². The molecule has 2 rings (SSSR count). The lowest BCUT2D eigenvalue weighted by Gasteiger charge is -2.37. The van der Waals surface area contributed by atoms with Crippen molar-refractivity contribution >= 4 is 5.91 Å². The van der Waals surface area contributed by atoms with E-state index < -0.39 is 0 Å². The molecule has 1 spiro atoms. The number of nitrogens with two attached hydrogens (primary N) is 1. The highest BCUT2D eigenvalue weighted by molar-refractivity contribution is 5.73. The smallest absolute Gasteiger partial charge is 0.218 e. The summed E-state index contributed by atoms with van der Waals surface area (Å²) in [5.74, 6) is -0.549. The molecule has 2 N–H and O–H groups in total. The van der Waals surface area contributed by atoms with E-state index in [2.05, 4.69) is 4.90 Å². The van der Waals surface area contributed by atoms with Gasteiger partial charge in [0.25, 0.3) is 0 Å². The maximum absolute atomic E-state index is 10.6. The average molecular weight is 214 g/mol. The SMILES string of the molecule is NC(=O)CCN1CCC2(CC1)OCCO2. The number of hydrogen-bond donors (Lipinski definition) is 1. The zero-order valence-electron chi connectivity index (χ0n) is 8.91. The van der Waals surface area contributed by atoms with Crippen molar-refractivity contribution in [1.29, 1.82) is 0 Å². The maximum atomic E-state index is 10.6. The van der Waals surface area contributed by atoms with Crippen LogP contribution >= 0.6 is 0 Å². The fourth-order valence-corrected chi connectivity index (χ4v) is 2.17. The molecule has 0 aromatic heterocycles. The van der Waals surface area contributed by atoms with Gasteiger partial charge < -0.3 is 20.1 Å². The van der Waals surface area contributed by atoms with Crippen molar-refractivity contribution in [2.75, 3.05) is 32.8 Å². The molecule has 5 heteroatoms. The lowest BCUT2D eigenvalue weighted by atomic mass is 10.0. The molecule has 2 saturated heterocycles. The molecule has 2 aliphatic rings. The standard InChI is InChI=1S/C10H18N2O3/c11-9(13)1-4-12-5-2-10(3-6-12)14-7-8-15-10/h1-8H2,(H2,11,13). The second-order valence-corrected chi connectivity index (χ2v) is 4.17. The summed E-state index contributed by atoms with van der Waals surface area (Å²) in [4.78, 5) is 12.9. The van der Waals surface area contributed by atoms with Crippen LogP contribution in [-0.4, -0.2) is 49.4 Å². The summed E-state index contributed by atoms with van der Waals surface area (Å²) in [7, 11) is 0. The molecule has 5 nitrogen and oxygen atoms in total. The van der Waals surface area contributed by atoms with E-state index in [-0.39, 0.29) is 11.7 Å². The number of carbonyl (C=O) groups is 1. The Balaban J connectivity index is 1.74. The van der Waals surface area contributed by atoms with Crippen molar-refractivity contribution < 1.29 is 14.3 Å². The fraction of sp³-hybridized carbons (Fsp3) is 0.900. The lowest BCUT2D eigenvalue weighted by Crippen LogP contribution is -2.45. The number of ether oxygens (including phenoxy) is 2. The summed E-state index contributed by atoms with van der Waals surface area (Å²) in [6.45, 7) is 4.02. The van der Waals surface area contributed by atoms with Crippen LogP contribution in [0.25, 0.3) is 0 Å². The van der Waals surface area contributed by atoms with Crippen LogP contribution in [0, 0.1) is 0 Å². The summed E-state index contributed by atoms with van der Waals surface area (Å²) in [6, 6.07) is 0. The van der Waals surface area contributed by atoms with E-state index in [9.17, 15) is 4.79 Å². The van der Waals surface area contributed by atoms with Crippen molar-refractivity contribution in [3.05, 3.63) is 0 Å². The number of rotatable bonds is 3. The van der Waals surface area contributed by atoms with Crippen molar-refractivity contribution in [3.63, 3.8) is 0 Å². The number of primary amides is 1. The Bertz CT molecular complexity index is 229. The zero-order chi connectivity index (χ0) is 10.7. The van der Waals surface area contributed by atoms with E-state index >= 15 is 0 Å². The number of hydrogen-bond acceptors (Lipinski definition) is 4. The van der Waals surface area contributed by atoms with Gasteiger partial charge in [-0.2, -0.15) is 0 Å². The number of nitrogens with zero attached hydrogens (tertiary/aromatic N) is 1. The minimum atomic E-state index is -0.316. The van der Waals surface area contributed by atoms with Crippen LogP contribution in [0.1, 0.15) is 19.3 Å². The highest BCUT2D eigenvalue weighted by Gasteiger charge is 2.39. The summed E-state index contributed by atoms with van der Waals surface area (Å²) >= 11 is 0. The Morgan fingerprint density at radius 1 is 1.27 bits per heavy atom. The molecule has 15 heavy (non-hydrogen) atoms. The second-order valence-electron chi connectivity index (χ2n) is 4.17. The van der Waals surface area contributed by atoms with Crippen LogP contribution in [0.2, 0.25) is 0 Å². The van der Waals surface area contributed by atoms with Crippen LogP contribution in [-0.2, 0) is 14.3 Å². The number of amides is 1. The second kappa shape index (κ2) is 4.47. The average Bonchev–Trinajstić information content (AvgIpc) is 2.66. The maximum Gasteiger partial charge on any atom is 0.218 e. The molecule has 86 valence electrons. The molecule has 1 amide bonds. The first-order valence-corrected chi connectivity index (χ1v) is 5.49. The summed E-state index contributed by atoms with van der Waals surface area (Å²) < 4.78 is 11.2. The summed E-state index contributed by atoms with van der Waals surface area (Å²) in [5.41, 5.74) is 5.11. The topological polar surface area (TPSA) is 64.8 Å². The molecule has 0 saturated carbocycles. The predicted octanol–water partition coefficient (Wildman–Crippen LogP) is -0.299. The third-order valence-corrected chi connectivity index (χ3v) is 3.11. The lowest BCUT2D eigenvalue weighted by molar-refractivity contribution is -0.185. The normalized spacial score (nSPS) is 25.9. The Kier molecular flexibility index (Phi) is 3.23. The van der Waals surface area contributed by atoms with Gasteiger partial charge in [0.15, 0.2) is 5.79 Å². The van der Waals surface area contributed by atoms with Gasteiger partial charge in [-0.05, 0) is 0 Å². The van der Waals surface area contributed by atoms with Crippen molar-refractivity contribution in [3.8, 4) is 0 Å². The van der Waals surface area contributed by atoms with Crippen LogP contribution in [0.3, 0.4) is 0 Å². The quantitative estimate of drug-likeness (QED) is 0.700. The van der Waals surface area contributed by atoms with Gasteiger partial charge in [0.1, 0.15) is 0 Å². The van der Waals surface area contributed by atoms with Gasteiger partial charge in [0.2, 0.25) is 5.91 Å². The number of piperidine rings is 1. The first-order chi connectivity index (χ1) is 7.20. The molecule has 0 bridgehead atoms. The molecule has 0 unspecified atom stereocenters. The molecular weight excluding hydrogens is 196 g/mol. The van der Waals surface area contributed by atoms with Gasteiger partial charge in [-0.3, -0.25) is 4.79 Å². The van der Waals surface area contributed by atoms with Crippen molar-refractivity contribution in [2.45, 2.75) is 25.0 Å². The Labute approximate surface area is 89.5 Å². The Hall–Kier alpha value is -0.650. The highest BCUT2D eigenvalue weighted by atomic mass is 16.7. The summed E-state index contributed by atoms with van der Waals surface area (Å²) in [6.07, 6.45) is 2.23. The van der Waals surface area contributed by atoms with Gasteiger partial charge in [0.05, 0.1) is 13.2 Å². The van der Waals surface area contributed by atoms with Crippen LogP contribution < -0.4 is 5.73 Å². The molecule has 0 aromatic rings. The third kappa shape index (κ3) is 2.68. The Morgan fingerprint density at radius 3 is 2.40 bits per heavy atom. The first kappa shape index (κ1) is 10.9. The van der Waals surface area contributed by atoms with Gasteiger partial charge in [-0.25, -0.2) is 0 Å². The van der Waals surface area contributed by atoms with E-state index in [1.165, 1.54) is 0 Å². The first-order valence-electron chi connectivity index (χ1n) is 5.49. The molecule has 2 heterocycles. The molecule has 2 aliphatic heterocycles. The van der Waals surface area contributed by atoms with Crippen LogP contribution in [0.4, 0.5) is 0 Å². The fourth-order valence-electron chi connectivity index (χ4n) is 2.17. The van der Waals surface area contributed by atoms with E-state index in [1.807, 2.05) is 0 Å². The van der Waals surface area contributed by atoms with E-state index in [4.69, 9.17) is 15.2 Å².